The molecule has 0 bridgehead atoms. The SMILES string of the molecule is COCCCS(=O)(=O)Nc1cccc(Cl)n1. The summed E-state index contributed by atoms with van der Waals surface area (Å²) in [6.07, 6.45) is 0.437. The first kappa shape index (κ1) is 13.2. The highest BCUT2D eigenvalue weighted by Crippen LogP contribution is 2.11. The third-order valence-electron chi connectivity index (χ3n) is 1.74. The summed E-state index contributed by atoms with van der Waals surface area (Å²) in [6.45, 7) is 0.407. The molecule has 0 atom stereocenters. The van der Waals surface area contributed by atoms with E-state index in [1.807, 2.05) is 0 Å². The second-order valence-electron chi connectivity index (χ2n) is 3.11. The molecule has 1 rings (SSSR count). The molecule has 0 spiro atoms. The Balaban J connectivity index is 2.59. The molecule has 1 heterocycles. The largest absolute Gasteiger partial charge is 0.385 e. The van der Waals surface area contributed by atoms with Gasteiger partial charge in [-0.25, -0.2) is 13.4 Å². The van der Waals surface area contributed by atoms with Gasteiger partial charge in [-0.05, 0) is 18.6 Å². The van der Waals surface area contributed by atoms with Crippen molar-refractivity contribution in [2.24, 2.45) is 0 Å². The predicted octanol–water partition coefficient (Wildman–Crippen LogP) is 1.51. The van der Waals surface area contributed by atoms with Crippen LogP contribution in [0.25, 0.3) is 0 Å². The van der Waals surface area contributed by atoms with Gasteiger partial charge >= 0.3 is 0 Å². The molecule has 1 aromatic heterocycles. The number of hydrogen-bond acceptors (Lipinski definition) is 4. The van der Waals surface area contributed by atoms with Crippen molar-refractivity contribution in [2.75, 3.05) is 24.2 Å². The van der Waals surface area contributed by atoms with Gasteiger partial charge < -0.3 is 4.74 Å². The lowest BCUT2D eigenvalue weighted by molar-refractivity contribution is 0.199. The van der Waals surface area contributed by atoms with Crippen molar-refractivity contribution in [3.05, 3.63) is 23.4 Å². The minimum atomic E-state index is -3.37. The number of nitrogens with one attached hydrogen (secondary N) is 1. The molecule has 16 heavy (non-hydrogen) atoms. The number of rotatable bonds is 6. The van der Waals surface area contributed by atoms with Gasteiger partial charge in [0.15, 0.2) is 0 Å². The van der Waals surface area contributed by atoms with Gasteiger partial charge in [0.05, 0.1) is 5.75 Å². The fourth-order valence-corrected chi connectivity index (χ4v) is 2.26. The summed E-state index contributed by atoms with van der Waals surface area (Å²) >= 11 is 5.63. The Morgan fingerprint density at radius 2 is 2.25 bits per heavy atom. The molecule has 0 fully saturated rings. The molecule has 0 saturated heterocycles. The molecule has 5 nitrogen and oxygen atoms in total. The Bertz CT molecular complexity index is 436. The number of methoxy groups -OCH3 is 1. The van der Waals surface area contributed by atoms with Gasteiger partial charge in [-0.15, -0.1) is 0 Å². The molecule has 90 valence electrons. The first-order chi connectivity index (χ1) is 7.53. The highest BCUT2D eigenvalue weighted by molar-refractivity contribution is 7.92. The van der Waals surface area contributed by atoms with Crippen LogP contribution in [-0.2, 0) is 14.8 Å². The first-order valence-electron chi connectivity index (χ1n) is 4.65. The third-order valence-corrected chi connectivity index (χ3v) is 3.29. The molecule has 1 N–H and O–H groups in total. The predicted molar refractivity (Wildman–Crippen MR) is 63.1 cm³/mol. The Hall–Kier alpha value is -0.850. The molecule has 0 unspecified atom stereocenters. The quantitative estimate of drug-likeness (QED) is 0.625. The topological polar surface area (TPSA) is 68.3 Å². The van der Waals surface area contributed by atoms with Crippen molar-refractivity contribution < 1.29 is 13.2 Å². The van der Waals surface area contributed by atoms with Crippen LogP contribution in [0.2, 0.25) is 5.15 Å². The average molecular weight is 265 g/mol. The minimum Gasteiger partial charge on any atom is -0.385 e. The molecule has 0 aromatic carbocycles. The zero-order valence-corrected chi connectivity index (χ0v) is 10.4. The van der Waals surface area contributed by atoms with Crippen LogP contribution in [0.5, 0.6) is 0 Å². The number of ether oxygens (including phenoxy) is 1. The van der Waals surface area contributed by atoms with Crippen LogP contribution in [0.3, 0.4) is 0 Å². The van der Waals surface area contributed by atoms with Gasteiger partial charge in [0.25, 0.3) is 0 Å². The Morgan fingerprint density at radius 3 is 2.88 bits per heavy atom. The summed E-state index contributed by atoms with van der Waals surface area (Å²) in [6, 6.07) is 4.74. The third kappa shape index (κ3) is 4.78. The van der Waals surface area contributed by atoms with Gasteiger partial charge in [0, 0.05) is 13.7 Å². The standard InChI is InChI=1S/C9H13ClN2O3S/c1-15-6-3-7-16(13,14)12-9-5-2-4-8(10)11-9/h2,4-5H,3,6-7H2,1H3,(H,11,12). The van der Waals surface area contributed by atoms with Gasteiger partial charge in [-0.3, -0.25) is 4.72 Å². The summed E-state index contributed by atoms with van der Waals surface area (Å²) < 4.78 is 30.2. The summed E-state index contributed by atoms with van der Waals surface area (Å²) in [7, 11) is -1.85. The Morgan fingerprint density at radius 1 is 1.50 bits per heavy atom. The normalized spacial score (nSPS) is 11.4. The van der Waals surface area contributed by atoms with E-state index in [-0.39, 0.29) is 16.7 Å². The maximum atomic E-state index is 11.5. The molecule has 0 aliphatic rings. The van der Waals surface area contributed by atoms with E-state index in [2.05, 4.69) is 9.71 Å². The lowest BCUT2D eigenvalue weighted by Crippen LogP contribution is -2.18. The van der Waals surface area contributed by atoms with Crippen LogP contribution in [0, 0.1) is 0 Å². The van der Waals surface area contributed by atoms with Crippen molar-refractivity contribution >= 4 is 27.4 Å². The molecule has 0 saturated carbocycles. The van der Waals surface area contributed by atoms with Crippen LogP contribution >= 0.6 is 11.6 Å². The Kier molecular flexibility index (Phi) is 4.98. The van der Waals surface area contributed by atoms with Crippen LogP contribution < -0.4 is 4.72 Å². The fourth-order valence-electron chi connectivity index (χ4n) is 1.07. The van der Waals surface area contributed by atoms with Crippen molar-refractivity contribution in [1.82, 2.24) is 4.98 Å². The zero-order valence-electron chi connectivity index (χ0n) is 8.81. The molecule has 0 amide bonds. The van der Waals surface area contributed by atoms with Crippen LogP contribution in [-0.4, -0.2) is 32.9 Å². The number of hydrogen-bond donors (Lipinski definition) is 1. The lowest BCUT2D eigenvalue weighted by atomic mass is 10.5. The van der Waals surface area contributed by atoms with Gasteiger partial charge in [0.2, 0.25) is 10.0 Å². The first-order valence-corrected chi connectivity index (χ1v) is 6.68. The molecule has 7 heteroatoms. The van der Waals surface area contributed by atoms with E-state index in [9.17, 15) is 8.42 Å². The minimum absolute atomic E-state index is 0.00493. The highest BCUT2D eigenvalue weighted by Gasteiger charge is 2.10. The van der Waals surface area contributed by atoms with Crippen molar-refractivity contribution in [1.29, 1.82) is 0 Å². The maximum Gasteiger partial charge on any atom is 0.233 e. The van der Waals surface area contributed by atoms with Crippen LogP contribution in [0.15, 0.2) is 18.2 Å². The molecule has 0 aliphatic carbocycles. The monoisotopic (exact) mass is 264 g/mol. The van der Waals surface area contributed by atoms with E-state index < -0.39 is 10.0 Å². The van der Waals surface area contributed by atoms with Gasteiger partial charge in [-0.1, -0.05) is 17.7 Å². The van der Waals surface area contributed by atoms with E-state index in [1.165, 1.54) is 7.11 Å². The van der Waals surface area contributed by atoms with Crippen molar-refractivity contribution in [3.63, 3.8) is 0 Å². The number of anilines is 1. The van der Waals surface area contributed by atoms with E-state index in [0.717, 1.165) is 0 Å². The highest BCUT2D eigenvalue weighted by atomic mass is 35.5. The number of pyridine rings is 1. The number of sulfonamides is 1. The molecule has 0 radical (unpaired) electrons. The fraction of sp³-hybridized carbons (Fsp3) is 0.444. The van der Waals surface area contributed by atoms with Crippen molar-refractivity contribution in [3.8, 4) is 0 Å². The molecule has 0 aliphatic heterocycles. The number of nitrogens with zero attached hydrogens (tertiary/aromatic N) is 1. The molecule has 1 aromatic rings. The van der Waals surface area contributed by atoms with E-state index in [0.29, 0.717) is 13.0 Å². The smallest absolute Gasteiger partial charge is 0.233 e. The summed E-state index contributed by atoms with van der Waals surface area (Å²) in [4.78, 5) is 3.83. The zero-order chi connectivity index (χ0) is 12.0. The second kappa shape index (κ2) is 6.03. The van der Waals surface area contributed by atoms with E-state index in [1.54, 1.807) is 18.2 Å². The lowest BCUT2D eigenvalue weighted by Gasteiger charge is -2.06. The second-order valence-corrected chi connectivity index (χ2v) is 5.34. The average Bonchev–Trinajstić information content (AvgIpc) is 2.17. The van der Waals surface area contributed by atoms with Crippen LogP contribution in [0.1, 0.15) is 6.42 Å². The summed E-state index contributed by atoms with van der Waals surface area (Å²) in [5.41, 5.74) is 0. The summed E-state index contributed by atoms with van der Waals surface area (Å²) in [5, 5.41) is 0.247. The maximum absolute atomic E-state index is 11.5. The van der Waals surface area contributed by atoms with Gasteiger partial charge in [-0.2, -0.15) is 0 Å². The van der Waals surface area contributed by atoms with Crippen LogP contribution in [0.4, 0.5) is 5.82 Å². The number of halogens is 1. The summed E-state index contributed by atoms with van der Waals surface area (Å²) in [5.74, 6) is 0.222. The molecular weight excluding hydrogens is 252 g/mol. The van der Waals surface area contributed by atoms with Gasteiger partial charge in [0.1, 0.15) is 11.0 Å². The van der Waals surface area contributed by atoms with E-state index >= 15 is 0 Å². The van der Waals surface area contributed by atoms with Crippen molar-refractivity contribution in [2.45, 2.75) is 6.42 Å². The van der Waals surface area contributed by atoms with E-state index in [4.69, 9.17) is 16.3 Å². The number of aromatic nitrogens is 1. The Labute approximate surface area is 99.8 Å². The molecular formula is C9H13ClN2O3S.